The van der Waals surface area contributed by atoms with Gasteiger partial charge in [-0.25, -0.2) is 21.6 Å². The topological polar surface area (TPSA) is 165 Å². The minimum Gasteiger partial charge on any atom is -0.465 e. The lowest BCUT2D eigenvalue weighted by Crippen LogP contribution is -2.10. The van der Waals surface area contributed by atoms with Crippen LogP contribution in [0.1, 0.15) is 23.3 Å². The highest BCUT2D eigenvalue weighted by atomic mass is 32.2. The molecule has 0 fully saturated rings. The largest absolute Gasteiger partial charge is 0.465 e. The number of aliphatic hydroxyl groups excluding tert-OH is 1. The van der Waals surface area contributed by atoms with Crippen molar-refractivity contribution < 1.29 is 40.3 Å². The summed E-state index contributed by atoms with van der Waals surface area (Å²) in [6.45, 7) is -0.116. The van der Waals surface area contributed by atoms with Crippen molar-refractivity contribution in [3.8, 4) is 0 Å². The average molecular weight is 527 g/mol. The number of fused-ring (bicyclic) bond motifs is 2. The van der Waals surface area contributed by atoms with Crippen molar-refractivity contribution in [3.63, 3.8) is 0 Å². The van der Waals surface area contributed by atoms with Crippen LogP contribution in [0.3, 0.4) is 0 Å². The molecule has 3 N–H and O–H groups in total. The van der Waals surface area contributed by atoms with Gasteiger partial charge in [0.15, 0.2) is 11.2 Å². The van der Waals surface area contributed by atoms with Crippen LogP contribution in [0.15, 0.2) is 57.8 Å². The van der Waals surface area contributed by atoms with Crippen molar-refractivity contribution >= 4 is 59.3 Å². The highest BCUT2D eigenvalue weighted by Gasteiger charge is 2.16. The number of sulfonamides is 2. The molecule has 2 heterocycles. The number of nitrogens with one attached hydrogen (secondary N) is 2. The summed E-state index contributed by atoms with van der Waals surface area (Å²) in [5.74, 6) is -0.507. The van der Waals surface area contributed by atoms with Gasteiger partial charge >= 0.3 is 5.97 Å². The first kappa shape index (κ1) is 27.7. The average Bonchev–Trinajstić information content (AvgIpc) is 3.42. The van der Waals surface area contributed by atoms with Crippen molar-refractivity contribution in [1.29, 1.82) is 0 Å². The molecular weight excluding hydrogens is 500 g/mol. The molecule has 0 atom stereocenters. The van der Waals surface area contributed by atoms with Gasteiger partial charge in [-0.1, -0.05) is 13.5 Å². The number of rotatable bonds is 6. The molecule has 4 aromatic rings. The lowest BCUT2D eigenvalue weighted by molar-refractivity contribution is 0.0603. The highest BCUT2D eigenvalue weighted by Crippen LogP contribution is 2.29. The summed E-state index contributed by atoms with van der Waals surface area (Å²) >= 11 is 0. The number of esters is 1. The molecule has 2 aromatic heterocycles. The van der Waals surface area contributed by atoms with Crippen molar-refractivity contribution in [3.05, 3.63) is 60.1 Å². The second-order valence-corrected chi connectivity index (χ2v) is 10.7. The SMILES string of the molecule is C.COC(=O)c1ccc(NS(C)(=O)=O)c2occc12.CS(=O)(=O)Nc1ccc(CO)c2ccoc12. The van der Waals surface area contributed by atoms with E-state index in [2.05, 4.69) is 14.2 Å². The van der Waals surface area contributed by atoms with E-state index in [0.717, 1.165) is 12.5 Å². The van der Waals surface area contributed by atoms with Gasteiger partial charge in [0.05, 0.1) is 55.7 Å². The molecule has 0 aliphatic rings. The quantitative estimate of drug-likeness (QED) is 0.319. The zero-order valence-electron chi connectivity index (χ0n) is 18.4. The Morgan fingerprint density at radius 1 is 0.857 bits per heavy atom. The van der Waals surface area contributed by atoms with Crippen LogP contribution in [-0.4, -0.2) is 47.5 Å². The molecule has 0 saturated heterocycles. The number of ether oxygens (including phenoxy) is 1. The second-order valence-electron chi connectivity index (χ2n) is 7.16. The van der Waals surface area contributed by atoms with Gasteiger partial charge in [0, 0.05) is 10.8 Å². The molecule has 4 rings (SSSR count). The van der Waals surface area contributed by atoms with E-state index in [1.165, 1.54) is 31.8 Å². The van der Waals surface area contributed by atoms with Crippen molar-refractivity contribution in [1.82, 2.24) is 0 Å². The maximum Gasteiger partial charge on any atom is 0.338 e. The lowest BCUT2D eigenvalue weighted by Gasteiger charge is -2.06. The van der Waals surface area contributed by atoms with Crippen LogP contribution in [0.25, 0.3) is 21.9 Å². The monoisotopic (exact) mass is 526 g/mol. The maximum absolute atomic E-state index is 11.5. The predicted molar refractivity (Wildman–Crippen MR) is 133 cm³/mol. The summed E-state index contributed by atoms with van der Waals surface area (Å²) in [6.07, 6.45) is 4.94. The Balaban J connectivity index is 0.000000241. The molecule has 0 saturated carbocycles. The van der Waals surface area contributed by atoms with E-state index in [9.17, 15) is 21.6 Å². The third-order valence-electron chi connectivity index (χ3n) is 4.49. The van der Waals surface area contributed by atoms with E-state index < -0.39 is 26.0 Å². The first-order valence-corrected chi connectivity index (χ1v) is 13.4. The smallest absolute Gasteiger partial charge is 0.338 e. The Labute approximate surface area is 202 Å². The number of carbonyl (C=O) groups excluding carboxylic acids is 1. The molecule has 0 unspecified atom stereocenters. The zero-order chi connectivity index (χ0) is 25.1. The first-order valence-electron chi connectivity index (χ1n) is 9.57. The molecule has 0 bridgehead atoms. The molecular formula is C22H26N2O9S2. The normalized spacial score (nSPS) is 11.3. The fourth-order valence-electron chi connectivity index (χ4n) is 3.17. The van der Waals surface area contributed by atoms with Gasteiger partial charge in [0.2, 0.25) is 20.0 Å². The zero-order valence-corrected chi connectivity index (χ0v) is 20.0. The van der Waals surface area contributed by atoms with Gasteiger partial charge in [-0.2, -0.15) is 0 Å². The fraction of sp³-hybridized carbons (Fsp3) is 0.227. The number of furan rings is 2. The molecule has 11 nitrogen and oxygen atoms in total. The van der Waals surface area contributed by atoms with E-state index in [0.29, 0.717) is 38.8 Å². The summed E-state index contributed by atoms with van der Waals surface area (Å²) < 4.78 is 64.3. The lowest BCUT2D eigenvalue weighted by atomic mass is 10.1. The number of benzene rings is 2. The van der Waals surface area contributed by atoms with Gasteiger partial charge in [-0.15, -0.1) is 0 Å². The standard InChI is InChI=1S/C11H11NO5S.C10H11NO4S.CH4/c1-16-11(13)8-3-4-9(12-18(2,14)15)10-7(8)5-6-17-10;1-16(13,14)11-9-3-2-7(6-12)8-4-5-15-10(8)9;/h3-6,12H,1-2H3;2-5,11-12H,6H2,1H3;1H4. The third-order valence-corrected chi connectivity index (χ3v) is 5.67. The van der Waals surface area contributed by atoms with Crippen LogP contribution in [0.4, 0.5) is 11.4 Å². The fourth-order valence-corrected chi connectivity index (χ4v) is 4.29. The first-order chi connectivity index (χ1) is 15.9. The Morgan fingerprint density at radius 3 is 1.83 bits per heavy atom. The van der Waals surface area contributed by atoms with Gasteiger partial charge < -0.3 is 18.7 Å². The van der Waals surface area contributed by atoms with Crippen LogP contribution in [0, 0.1) is 0 Å². The summed E-state index contributed by atoms with van der Waals surface area (Å²) in [4.78, 5) is 11.5. The van der Waals surface area contributed by atoms with Crippen molar-refractivity contribution in [2.75, 3.05) is 29.1 Å². The molecule has 0 radical (unpaired) electrons. The van der Waals surface area contributed by atoms with E-state index in [1.54, 1.807) is 24.3 Å². The van der Waals surface area contributed by atoms with E-state index >= 15 is 0 Å². The van der Waals surface area contributed by atoms with Gasteiger partial charge in [0.25, 0.3) is 0 Å². The predicted octanol–water partition coefficient (Wildman–Crippen LogP) is 3.52. The summed E-state index contributed by atoms with van der Waals surface area (Å²) in [5, 5.41) is 10.3. The molecule has 0 aliphatic heterocycles. The minimum atomic E-state index is -3.41. The molecule has 0 amide bonds. The minimum absolute atomic E-state index is 0. The second kappa shape index (κ2) is 10.8. The van der Waals surface area contributed by atoms with Crippen LogP contribution < -0.4 is 9.44 Å². The van der Waals surface area contributed by atoms with Crippen LogP contribution in [-0.2, 0) is 31.4 Å². The van der Waals surface area contributed by atoms with Crippen LogP contribution in [0.5, 0.6) is 0 Å². The van der Waals surface area contributed by atoms with Crippen LogP contribution >= 0.6 is 0 Å². The van der Waals surface area contributed by atoms with Crippen molar-refractivity contribution in [2.45, 2.75) is 14.0 Å². The van der Waals surface area contributed by atoms with E-state index in [1.807, 2.05) is 0 Å². The Hall–Kier alpha value is -3.55. The number of hydrogen-bond donors (Lipinski definition) is 3. The highest BCUT2D eigenvalue weighted by molar-refractivity contribution is 7.92. The summed E-state index contributed by atoms with van der Waals surface area (Å²) in [7, 11) is -5.48. The summed E-state index contributed by atoms with van der Waals surface area (Å²) in [5.41, 5.74) is 2.40. The Morgan fingerprint density at radius 2 is 1.34 bits per heavy atom. The molecule has 2 aromatic carbocycles. The Bertz CT molecular complexity index is 1550. The van der Waals surface area contributed by atoms with Gasteiger partial charge in [0.1, 0.15) is 0 Å². The molecule has 13 heteroatoms. The van der Waals surface area contributed by atoms with E-state index in [-0.39, 0.29) is 19.7 Å². The molecule has 190 valence electrons. The molecule has 35 heavy (non-hydrogen) atoms. The number of anilines is 2. The Kier molecular flexibility index (Phi) is 8.55. The van der Waals surface area contributed by atoms with Crippen molar-refractivity contribution in [2.24, 2.45) is 0 Å². The number of hydrogen-bond acceptors (Lipinski definition) is 9. The van der Waals surface area contributed by atoms with Gasteiger partial charge in [-0.05, 0) is 35.9 Å². The number of carbonyl (C=O) groups is 1. The number of aliphatic hydroxyl groups is 1. The number of methoxy groups -OCH3 is 1. The molecule has 0 aliphatic carbocycles. The molecule has 0 spiro atoms. The van der Waals surface area contributed by atoms with Crippen LogP contribution in [0.2, 0.25) is 0 Å². The van der Waals surface area contributed by atoms with E-state index in [4.69, 9.17) is 13.9 Å². The third kappa shape index (κ3) is 6.74. The van der Waals surface area contributed by atoms with Gasteiger partial charge in [-0.3, -0.25) is 9.44 Å². The maximum atomic E-state index is 11.5. The summed E-state index contributed by atoms with van der Waals surface area (Å²) in [6, 6.07) is 9.43.